The van der Waals surface area contributed by atoms with Crippen LogP contribution in [0.25, 0.3) is 0 Å². The summed E-state index contributed by atoms with van der Waals surface area (Å²) in [5.74, 6) is 0.209. The molecule has 0 radical (unpaired) electrons. The van der Waals surface area contributed by atoms with Crippen LogP contribution >= 0.6 is 0 Å². The molecule has 2 heteroatoms. The molecule has 0 atom stereocenters. The first-order chi connectivity index (χ1) is 6.70. The molecule has 0 bridgehead atoms. The Morgan fingerprint density at radius 2 is 1.86 bits per heavy atom. The molecule has 1 aromatic rings. The summed E-state index contributed by atoms with van der Waals surface area (Å²) in [4.78, 5) is 12.9. The fourth-order valence-corrected chi connectivity index (χ4v) is 1.31. The van der Waals surface area contributed by atoms with E-state index in [0.717, 1.165) is 12.8 Å². The predicted octanol–water partition coefficient (Wildman–Crippen LogP) is 2.10. The SMILES string of the molecule is CN(C)C(=O)CCCc1ccccc1. The van der Waals surface area contributed by atoms with E-state index in [0.29, 0.717) is 6.42 Å². The van der Waals surface area contributed by atoms with Crippen LogP contribution in [0.15, 0.2) is 30.3 Å². The van der Waals surface area contributed by atoms with Crippen molar-refractivity contribution in [3.63, 3.8) is 0 Å². The van der Waals surface area contributed by atoms with E-state index in [1.807, 2.05) is 18.2 Å². The lowest BCUT2D eigenvalue weighted by Crippen LogP contribution is -2.21. The topological polar surface area (TPSA) is 20.3 Å². The highest BCUT2D eigenvalue weighted by Gasteiger charge is 2.02. The minimum Gasteiger partial charge on any atom is -0.349 e. The van der Waals surface area contributed by atoms with Crippen molar-refractivity contribution < 1.29 is 4.79 Å². The highest BCUT2D eigenvalue weighted by atomic mass is 16.2. The highest BCUT2D eigenvalue weighted by Crippen LogP contribution is 2.05. The Bertz CT molecular complexity index is 280. The maximum Gasteiger partial charge on any atom is 0.222 e. The molecule has 1 amide bonds. The minimum absolute atomic E-state index is 0.209. The average Bonchev–Trinajstić information content (AvgIpc) is 2.19. The number of hydrogen-bond donors (Lipinski definition) is 0. The Labute approximate surface area is 85.5 Å². The van der Waals surface area contributed by atoms with E-state index in [4.69, 9.17) is 0 Å². The zero-order chi connectivity index (χ0) is 10.4. The second-order valence-corrected chi connectivity index (χ2v) is 3.63. The Morgan fingerprint density at radius 1 is 1.21 bits per heavy atom. The zero-order valence-corrected chi connectivity index (χ0v) is 8.86. The van der Waals surface area contributed by atoms with Gasteiger partial charge in [-0.05, 0) is 18.4 Å². The number of carbonyl (C=O) groups is 1. The number of hydrogen-bond acceptors (Lipinski definition) is 1. The fourth-order valence-electron chi connectivity index (χ4n) is 1.31. The standard InChI is InChI=1S/C12H17NO/c1-13(2)12(14)10-6-9-11-7-4-3-5-8-11/h3-5,7-8H,6,9-10H2,1-2H3. The Morgan fingerprint density at radius 3 is 2.43 bits per heavy atom. The summed E-state index contributed by atoms with van der Waals surface area (Å²) < 4.78 is 0. The molecule has 2 nitrogen and oxygen atoms in total. The summed E-state index contributed by atoms with van der Waals surface area (Å²) in [7, 11) is 3.59. The molecule has 0 fully saturated rings. The van der Waals surface area contributed by atoms with Crippen LogP contribution in [-0.2, 0) is 11.2 Å². The van der Waals surface area contributed by atoms with Gasteiger partial charge >= 0.3 is 0 Å². The Balaban J connectivity index is 2.26. The molecule has 0 saturated carbocycles. The first-order valence-corrected chi connectivity index (χ1v) is 4.94. The molecular formula is C12H17NO. The van der Waals surface area contributed by atoms with Crippen molar-refractivity contribution in [2.45, 2.75) is 19.3 Å². The highest BCUT2D eigenvalue weighted by molar-refractivity contribution is 5.75. The zero-order valence-electron chi connectivity index (χ0n) is 8.86. The lowest BCUT2D eigenvalue weighted by molar-refractivity contribution is -0.128. The van der Waals surface area contributed by atoms with E-state index >= 15 is 0 Å². The maximum atomic E-state index is 11.3. The summed E-state index contributed by atoms with van der Waals surface area (Å²) in [6.45, 7) is 0. The van der Waals surface area contributed by atoms with Gasteiger partial charge in [-0.3, -0.25) is 4.79 Å². The fraction of sp³-hybridized carbons (Fsp3) is 0.417. The maximum absolute atomic E-state index is 11.3. The van der Waals surface area contributed by atoms with E-state index in [1.54, 1.807) is 19.0 Å². The molecule has 0 aliphatic rings. The molecule has 0 aliphatic carbocycles. The van der Waals surface area contributed by atoms with Crippen molar-refractivity contribution in [2.75, 3.05) is 14.1 Å². The van der Waals surface area contributed by atoms with Crippen LogP contribution in [0.2, 0.25) is 0 Å². The molecule has 1 rings (SSSR count). The molecule has 0 aromatic heterocycles. The van der Waals surface area contributed by atoms with Gasteiger partial charge in [-0.15, -0.1) is 0 Å². The summed E-state index contributed by atoms with van der Waals surface area (Å²) in [5.41, 5.74) is 1.30. The Kier molecular flexibility index (Phi) is 4.17. The van der Waals surface area contributed by atoms with Crippen molar-refractivity contribution in [2.24, 2.45) is 0 Å². The van der Waals surface area contributed by atoms with Crippen LogP contribution in [0.1, 0.15) is 18.4 Å². The second kappa shape index (κ2) is 5.43. The molecule has 0 N–H and O–H groups in total. The van der Waals surface area contributed by atoms with Crippen LogP contribution in [0.5, 0.6) is 0 Å². The second-order valence-electron chi connectivity index (χ2n) is 3.63. The van der Waals surface area contributed by atoms with E-state index in [9.17, 15) is 4.79 Å². The van der Waals surface area contributed by atoms with Gasteiger partial charge in [0.25, 0.3) is 0 Å². The van der Waals surface area contributed by atoms with Crippen LogP contribution in [0.4, 0.5) is 0 Å². The number of nitrogens with zero attached hydrogens (tertiary/aromatic N) is 1. The van der Waals surface area contributed by atoms with Crippen molar-refractivity contribution in [1.29, 1.82) is 0 Å². The lowest BCUT2D eigenvalue weighted by Gasteiger charge is -2.09. The quantitative estimate of drug-likeness (QED) is 0.713. The van der Waals surface area contributed by atoms with Gasteiger partial charge in [0.15, 0.2) is 0 Å². The number of carbonyl (C=O) groups excluding carboxylic acids is 1. The van der Waals surface area contributed by atoms with Gasteiger partial charge in [0.05, 0.1) is 0 Å². The molecule has 76 valence electrons. The molecule has 1 aromatic carbocycles. The molecule has 0 heterocycles. The van der Waals surface area contributed by atoms with Crippen molar-refractivity contribution >= 4 is 5.91 Å². The molecule has 0 aliphatic heterocycles. The normalized spacial score (nSPS) is 9.86. The lowest BCUT2D eigenvalue weighted by atomic mass is 10.1. The molecule has 0 unspecified atom stereocenters. The Hall–Kier alpha value is -1.31. The summed E-state index contributed by atoms with van der Waals surface area (Å²) in [6.07, 6.45) is 2.56. The third-order valence-electron chi connectivity index (χ3n) is 2.20. The van der Waals surface area contributed by atoms with Crippen molar-refractivity contribution in [3.8, 4) is 0 Å². The molecule has 0 spiro atoms. The van der Waals surface area contributed by atoms with Gasteiger partial charge in [-0.1, -0.05) is 30.3 Å². The first kappa shape index (κ1) is 10.8. The van der Waals surface area contributed by atoms with Crippen LogP contribution in [-0.4, -0.2) is 24.9 Å². The van der Waals surface area contributed by atoms with E-state index in [2.05, 4.69) is 12.1 Å². The van der Waals surface area contributed by atoms with Gasteiger partial charge in [-0.2, -0.15) is 0 Å². The third-order valence-corrected chi connectivity index (χ3v) is 2.20. The molecule has 0 saturated heterocycles. The molecule has 14 heavy (non-hydrogen) atoms. The van der Waals surface area contributed by atoms with Gasteiger partial charge < -0.3 is 4.90 Å². The van der Waals surface area contributed by atoms with Gasteiger partial charge in [0.2, 0.25) is 5.91 Å². The largest absolute Gasteiger partial charge is 0.349 e. The monoisotopic (exact) mass is 191 g/mol. The van der Waals surface area contributed by atoms with E-state index in [1.165, 1.54) is 5.56 Å². The van der Waals surface area contributed by atoms with Crippen molar-refractivity contribution in [1.82, 2.24) is 4.90 Å². The third kappa shape index (κ3) is 3.60. The van der Waals surface area contributed by atoms with Gasteiger partial charge in [-0.25, -0.2) is 0 Å². The summed E-state index contributed by atoms with van der Waals surface area (Å²) >= 11 is 0. The molecular weight excluding hydrogens is 174 g/mol. The first-order valence-electron chi connectivity index (χ1n) is 4.94. The number of amides is 1. The number of benzene rings is 1. The van der Waals surface area contributed by atoms with Gasteiger partial charge in [0, 0.05) is 20.5 Å². The van der Waals surface area contributed by atoms with Crippen LogP contribution in [0, 0.1) is 0 Å². The summed E-state index contributed by atoms with van der Waals surface area (Å²) in [5, 5.41) is 0. The minimum atomic E-state index is 0.209. The number of rotatable bonds is 4. The van der Waals surface area contributed by atoms with E-state index in [-0.39, 0.29) is 5.91 Å². The van der Waals surface area contributed by atoms with Crippen LogP contribution in [0.3, 0.4) is 0 Å². The summed E-state index contributed by atoms with van der Waals surface area (Å²) in [6, 6.07) is 10.3. The predicted molar refractivity (Wildman–Crippen MR) is 58.1 cm³/mol. The number of aryl methyl sites for hydroxylation is 1. The van der Waals surface area contributed by atoms with Crippen LogP contribution < -0.4 is 0 Å². The van der Waals surface area contributed by atoms with E-state index < -0.39 is 0 Å². The smallest absolute Gasteiger partial charge is 0.222 e. The van der Waals surface area contributed by atoms with Gasteiger partial charge in [0.1, 0.15) is 0 Å². The van der Waals surface area contributed by atoms with Crippen molar-refractivity contribution in [3.05, 3.63) is 35.9 Å². The average molecular weight is 191 g/mol.